The minimum atomic E-state index is -2.44. The fourth-order valence-electron chi connectivity index (χ4n) is 2.84. The molecule has 0 amide bonds. The van der Waals surface area contributed by atoms with Gasteiger partial charge in [-0.1, -0.05) is 12.1 Å². The molecule has 0 bridgehead atoms. The van der Waals surface area contributed by atoms with E-state index in [9.17, 15) is 8.76 Å². The van der Waals surface area contributed by atoms with Gasteiger partial charge < -0.3 is 15.2 Å². The van der Waals surface area contributed by atoms with Crippen molar-refractivity contribution in [3.8, 4) is 0 Å². The van der Waals surface area contributed by atoms with Crippen LogP contribution in [0.1, 0.15) is 5.56 Å². The van der Waals surface area contributed by atoms with Gasteiger partial charge in [-0.15, -0.1) is 0 Å². The van der Waals surface area contributed by atoms with Crippen LogP contribution in [0.3, 0.4) is 0 Å². The lowest BCUT2D eigenvalue weighted by Gasteiger charge is -2.28. The standard InChI is InChI=1S/C19H21N3O2S/c1-13-10-16(20)6-9-19(13)22(25(23)24)18-8-5-14-11-17(21(2)3)7-4-15(14)12-18/h4-12H,20H2,1-3H3,(H,23,24)/p-1. The highest BCUT2D eigenvalue weighted by molar-refractivity contribution is 7.81. The quantitative estimate of drug-likeness (QED) is 0.572. The molecule has 0 aliphatic heterocycles. The molecule has 3 rings (SSSR count). The first-order valence-electron chi connectivity index (χ1n) is 7.83. The zero-order chi connectivity index (χ0) is 18.1. The van der Waals surface area contributed by atoms with Crippen LogP contribution in [-0.4, -0.2) is 22.9 Å². The van der Waals surface area contributed by atoms with Crippen LogP contribution in [0.25, 0.3) is 10.8 Å². The third kappa shape index (κ3) is 3.45. The van der Waals surface area contributed by atoms with Gasteiger partial charge in [0.1, 0.15) is 0 Å². The summed E-state index contributed by atoms with van der Waals surface area (Å²) in [5, 5.41) is 2.03. The molecule has 25 heavy (non-hydrogen) atoms. The molecule has 0 saturated heterocycles. The van der Waals surface area contributed by atoms with Crippen molar-refractivity contribution in [1.29, 1.82) is 0 Å². The topological polar surface area (TPSA) is 72.6 Å². The summed E-state index contributed by atoms with van der Waals surface area (Å²) in [5.41, 5.74) is 9.46. The molecule has 0 saturated carbocycles. The number of nitrogen functional groups attached to an aromatic ring is 1. The molecule has 3 aromatic rings. The highest BCUT2D eigenvalue weighted by Gasteiger charge is 2.14. The van der Waals surface area contributed by atoms with Crippen LogP contribution in [0.2, 0.25) is 0 Å². The van der Waals surface area contributed by atoms with E-state index < -0.39 is 11.3 Å². The number of aryl methyl sites for hydroxylation is 1. The molecule has 2 N–H and O–H groups in total. The molecule has 1 atom stereocenters. The first kappa shape index (κ1) is 17.3. The maximum absolute atomic E-state index is 11.9. The summed E-state index contributed by atoms with van der Waals surface area (Å²) < 4.78 is 25.1. The number of hydrogen-bond donors (Lipinski definition) is 1. The lowest BCUT2D eigenvalue weighted by atomic mass is 10.1. The van der Waals surface area contributed by atoms with Gasteiger partial charge >= 0.3 is 0 Å². The maximum atomic E-state index is 11.9. The van der Waals surface area contributed by atoms with Crippen LogP contribution in [0.15, 0.2) is 54.6 Å². The largest absolute Gasteiger partial charge is 0.755 e. The smallest absolute Gasteiger partial charge is 0.0568 e. The number of anilines is 4. The van der Waals surface area contributed by atoms with Crippen LogP contribution in [0.4, 0.5) is 22.7 Å². The van der Waals surface area contributed by atoms with E-state index in [1.165, 1.54) is 4.31 Å². The van der Waals surface area contributed by atoms with Crippen LogP contribution in [0.5, 0.6) is 0 Å². The van der Waals surface area contributed by atoms with Crippen molar-refractivity contribution in [3.05, 3.63) is 60.2 Å². The second kappa shape index (κ2) is 6.74. The molecule has 0 heterocycles. The van der Waals surface area contributed by atoms with E-state index in [0.717, 1.165) is 22.0 Å². The molecule has 5 nitrogen and oxygen atoms in total. The summed E-state index contributed by atoms with van der Waals surface area (Å²) in [6, 6.07) is 16.9. The van der Waals surface area contributed by atoms with Gasteiger partial charge in [0.15, 0.2) is 0 Å². The van der Waals surface area contributed by atoms with E-state index in [-0.39, 0.29) is 0 Å². The van der Waals surface area contributed by atoms with Gasteiger partial charge in [-0.05, 0) is 65.7 Å². The van der Waals surface area contributed by atoms with E-state index >= 15 is 0 Å². The molecule has 6 heteroatoms. The fraction of sp³-hybridized carbons (Fsp3) is 0.158. The molecule has 0 aromatic heterocycles. The number of benzene rings is 3. The predicted molar refractivity (Wildman–Crippen MR) is 105 cm³/mol. The van der Waals surface area contributed by atoms with Crippen LogP contribution in [0, 0.1) is 6.92 Å². The summed E-state index contributed by atoms with van der Waals surface area (Å²) >= 11 is -2.44. The molecule has 3 aromatic carbocycles. The minimum absolute atomic E-state index is 0.589. The Hall–Kier alpha value is -2.57. The Morgan fingerprint density at radius 2 is 1.52 bits per heavy atom. The summed E-state index contributed by atoms with van der Waals surface area (Å²) in [6.07, 6.45) is 0. The minimum Gasteiger partial charge on any atom is -0.755 e. The summed E-state index contributed by atoms with van der Waals surface area (Å²) in [4.78, 5) is 2.03. The van der Waals surface area contributed by atoms with Crippen LogP contribution >= 0.6 is 0 Å². The normalized spacial score (nSPS) is 12.2. The molecule has 0 aliphatic rings. The highest BCUT2D eigenvalue weighted by atomic mass is 32.2. The van der Waals surface area contributed by atoms with Gasteiger partial charge in [-0.2, -0.15) is 0 Å². The van der Waals surface area contributed by atoms with E-state index in [2.05, 4.69) is 6.07 Å². The third-order valence-electron chi connectivity index (χ3n) is 4.15. The molecule has 0 aliphatic carbocycles. The van der Waals surface area contributed by atoms with Crippen molar-refractivity contribution < 1.29 is 8.76 Å². The first-order valence-corrected chi connectivity index (χ1v) is 8.87. The molecule has 0 spiro atoms. The Bertz CT molecular complexity index is 957. The van der Waals surface area contributed by atoms with E-state index in [1.807, 2.05) is 56.3 Å². The second-order valence-corrected chi connectivity index (χ2v) is 6.97. The number of nitrogens with two attached hydrogens (primary N) is 1. The van der Waals surface area contributed by atoms with Gasteiger partial charge in [0, 0.05) is 25.5 Å². The average Bonchev–Trinajstić information content (AvgIpc) is 2.56. The van der Waals surface area contributed by atoms with Gasteiger partial charge in [-0.25, -0.2) is 0 Å². The van der Waals surface area contributed by atoms with Crippen LogP contribution in [-0.2, 0) is 11.3 Å². The number of hydrogen-bond acceptors (Lipinski definition) is 4. The maximum Gasteiger partial charge on any atom is 0.0568 e. The number of rotatable bonds is 4. The molecule has 0 radical (unpaired) electrons. The van der Waals surface area contributed by atoms with Gasteiger partial charge in [0.25, 0.3) is 0 Å². The highest BCUT2D eigenvalue weighted by Crippen LogP contribution is 2.33. The Morgan fingerprint density at radius 1 is 0.920 bits per heavy atom. The summed E-state index contributed by atoms with van der Waals surface area (Å²) in [7, 11) is 3.98. The van der Waals surface area contributed by atoms with Crippen molar-refractivity contribution in [2.45, 2.75) is 6.92 Å². The average molecular weight is 354 g/mol. The number of nitrogens with zero attached hydrogens (tertiary/aromatic N) is 2. The van der Waals surface area contributed by atoms with Crippen molar-refractivity contribution in [3.63, 3.8) is 0 Å². The fourth-order valence-corrected chi connectivity index (χ4v) is 3.49. The number of fused-ring (bicyclic) bond motifs is 1. The second-order valence-electron chi connectivity index (χ2n) is 6.17. The zero-order valence-electron chi connectivity index (χ0n) is 14.4. The Balaban J connectivity index is 2.10. The van der Waals surface area contributed by atoms with Crippen LogP contribution < -0.4 is 14.9 Å². The van der Waals surface area contributed by atoms with E-state index in [4.69, 9.17) is 5.73 Å². The molecule has 0 fully saturated rings. The van der Waals surface area contributed by atoms with Crippen molar-refractivity contribution >= 4 is 44.8 Å². The molecule has 1 unspecified atom stereocenters. The first-order chi connectivity index (χ1) is 11.9. The Morgan fingerprint density at radius 3 is 2.08 bits per heavy atom. The molecule has 130 valence electrons. The lowest BCUT2D eigenvalue weighted by Crippen LogP contribution is -2.20. The Labute approximate surface area is 150 Å². The third-order valence-corrected chi connectivity index (χ3v) is 4.85. The van der Waals surface area contributed by atoms with Gasteiger partial charge in [0.2, 0.25) is 0 Å². The zero-order valence-corrected chi connectivity index (χ0v) is 15.2. The monoisotopic (exact) mass is 354 g/mol. The van der Waals surface area contributed by atoms with Gasteiger partial charge in [-0.3, -0.25) is 8.51 Å². The molecular weight excluding hydrogens is 334 g/mol. The Kier molecular flexibility index (Phi) is 4.65. The summed E-state index contributed by atoms with van der Waals surface area (Å²) in [5.74, 6) is 0. The van der Waals surface area contributed by atoms with E-state index in [0.29, 0.717) is 17.1 Å². The molecular formula is C19H20N3O2S-. The van der Waals surface area contributed by atoms with Gasteiger partial charge in [0.05, 0.1) is 22.6 Å². The summed E-state index contributed by atoms with van der Waals surface area (Å²) in [6.45, 7) is 1.84. The van der Waals surface area contributed by atoms with Crippen molar-refractivity contribution in [2.24, 2.45) is 0 Å². The van der Waals surface area contributed by atoms with E-state index in [1.54, 1.807) is 18.2 Å². The lowest BCUT2D eigenvalue weighted by molar-refractivity contribution is 0.537. The van der Waals surface area contributed by atoms with Crippen molar-refractivity contribution in [2.75, 3.05) is 29.0 Å². The van der Waals surface area contributed by atoms with Crippen molar-refractivity contribution in [1.82, 2.24) is 0 Å². The predicted octanol–water partition coefficient (Wildman–Crippen LogP) is 3.73. The SMILES string of the molecule is Cc1cc(N)ccc1N(c1ccc2cc(N(C)C)ccc2c1)S(=O)[O-].